The quantitative estimate of drug-likeness (QED) is 0.561. The third-order valence-corrected chi connectivity index (χ3v) is 2.14. The van der Waals surface area contributed by atoms with Crippen molar-refractivity contribution in [2.75, 3.05) is 13.6 Å². The second-order valence-electron chi connectivity index (χ2n) is 3.51. The maximum absolute atomic E-state index is 10.8. The summed E-state index contributed by atoms with van der Waals surface area (Å²) in [5.41, 5.74) is 2.83. The molecule has 0 heterocycles. The van der Waals surface area contributed by atoms with Crippen molar-refractivity contribution in [3.8, 4) is 0 Å². The summed E-state index contributed by atoms with van der Waals surface area (Å²) in [5.74, 6) is -0.352. The molecule has 1 rings (SSSR count). The van der Waals surface area contributed by atoms with Gasteiger partial charge in [0.15, 0.2) is 0 Å². The van der Waals surface area contributed by atoms with Crippen LogP contribution in [0.25, 0.3) is 0 Å². The molecule has 0 atom stereocenters. The van der Waals surface area contributed by atoms with Crippen molar-refractivity contribution in [3.05, 3.63) is 35.9 Å². The van der Waals surface area contributed by atoms with Crippen LogP contribution in [0.4, 0.5) is 0 Å². The maximum atomic E-state index is 10.8. The van der Waals surface area contributed by atoms with Gasteiger partial charge in [-0.2, -0.15) is 0 Å². The van der Waals surface area contributed by atoms with E-state index in [1.165, 1.54) is 5.56 Å². The van der Waals surface area contributed by atoms with Gasteiger partial charge in [-0.15, -0.1) is 0 Å². The van der Waals surface area contributed by atoms with E-state index in [9.17, 15) is 4.79 Å². The van der Waals surface area contributed by atoms with E-state index in [0.29, 0.717) is 13.0 Å². The molecule has 0 saturated carbocycles. The van der Waals surface area contributed by atoms with E-state index in [2.05, 4.69) is 0 Å². The normalized spacial score (nSPS) is 10.3. The first-order chi connectivity index (χ1) is 7.22. The van der Waals surface area contributed by atoms with Gasteiger partial charge in [0.05, 0.1) is 0 Å². The summed E-state index contributed by atoms with van der Waals surface area (Å²) < 4.78 is 0. The fourth-order valence-electron chi connectivity index (χ4n) is 1.32. The molecule has 0 aliphatic rings. The van der Waals surface area contributed by atoms with Crippen molar-refractivity contribution >= 4 is 5.91 Å². The number of nitrogens with zero attached hydrogens (tertiary/aromatic N) is 1. The van der Waals surface area contributed by atoms with Gasteiger partial charge < -0.3 is 4.90 Å². The Labute approximate surface area is 89.5 Å². The lowest BCUT2D eigenvalue weighted by Gasteiger charge is -2.15. The van der Waals surface area contributed by atoms with Crippen LogP contribution in [0.5, 0.6) is 0 Å². The molecule has 82 valence electrons. The smallest absolute Gasteiger partial charge is 0.244 e. The van der Waals surface area contributed by atoms with Crippen molar-refractivity contribution in [1.29, 1.82) is 0 Å². The fraction of sp³-hybridized carbons (Fsp3) is 0.364. The fourth-order valence-corrected chi connectivity index (χ4v) is 1.32. The summed E-state index contributed by atoms with van der Waals surface area (Å²) >= 11 is 0. The molecule has 4 heteroatoms. The molecule has 0 spiro atoms. The van der Waals surface area contributed by atoms with Crippen LogP contribution in [0.2, 0.25) is 0 Å². The van der Waals surface area contributed by atoms with Gasteiger partial charge in [0.25, 0.3) is 0 Å². The lowest BCUT2D eigenvalue weighted by molar-refractivity contribution is -0.129. The Morgan fingerprint density at radius 1 is 1.40 bits per heavy atom. The third kappa shape index (κ3) is 4.58. The number of hydrogen-bond donors (Lipinski definition) is 2. The maximum Gasteiger partial charge on any atom is 0.244 e. The topological polar surface area (TPSA) is 52.6 Å². The first-order valence-corrected chi connectivity index (χ1v) is 4.88. The molecule has 0 bridgehead atoms. The number of nitrogens with one attached hydrogen (secondary N) is 1. The molecular weight excluding hydrogens is 192 g/mol. The minimum absolute atomic E-state index is 0.305. The van der Waals surface area contributed by atoms with E-state index in [4.69, 9.17) is 5.21 Å². The van der Waals surface area contributed by atoms with E-state index in [0.717, 1.165) is 6.54 Å². The predicted octanol–water partition coefficient (Wildman–Crippen LogP) is 1.01. The molecule has 0 radical (unpaired) electrons. The van der Waals surface area contributed by atoms with Gasteiger partial charge in [0.2, 0.25) is 5.91 Å². The van der Waals surface area contributed by atoms with Crippen LogP contribution in [-0.2, 0) is 11.3 Å². The van der Waals surface area contributed by atoms with Crippen molar-refractivity contribution < 1.29 is 10.0 Å². The highest BCUT2D eigenvalue weighted by Gasteiger charge is 2.03. The number of hydrogen-bond acceptors (Lipinski definition) is 3. The van der Waals surface area contributed by atoms with Crippen LogP contribution >= 0.6 is 0 Å². The Balaban J connectivity index is 2.30. The van der Waals surface area contributed by atoms with Crippen molar-refractivity contribution in [2.24, 2.45) is 0 Å². The zero-order valence-corrected chi connectivity index (χ0v) is 8.81. The van der Waals surface area contributed by atoms with Gasteiger partial charge in [-0.25, -0.2) is 5.48 Å². The number of carbonyl (C=O) groups excluding carboxylic acids is 1. The lowest BCUT2D eigenvalue weighted by Crippen LogP contribution is -2.26. The van der Waals surface area contributed by atoms with E-state index >= 15 is 0 Å². The van der Waals surface area contributed by atoms with Crippen LogP contribution in [0, 0.1) is 0 Å². The van der Waals surface area contributed by atoms with Crippen molar-refractivity contribution in [1.82, 2.24) is 10.4 Å². The van der Waals surface area contributed by atoms with Crippen molar-refractivity contribution in [3.63, 3.8) is 0 Å². The largest absolute Gasteiger partial charge is 0.302 e. The number of benzene rings is 1. The highest BCUT2D eigenvalue weighted by atomic mass is 16.5. The summed E-state index contributed by atoms with van der Waals surface area (Å²) in [4.78, 5) is 12.8. The Kier molecular flexibility index (Phi) is 4.80. The molecule has 1 aromatic rings. The van der Waals surface area contributed by atoms with Crippen LogP contribution < -0.4 is 5.48 Å². The predicted molar refractivity (Wildman–Crippen MR) is 57.3 cm³/mol. The third-order valence-electron chi connectivity index (χ3n) is 2.14. The van der Waals surface area contributed by atoms with E-state index in [1.54, 1.807) is 5.48 Å². The SMILES string of the molecule is CN(CCC(=O)NO)Cc1ccccc1. The molecule has 15 heavy (non-hydrogen) atoms. The molecule has 0 aliphatic carbocycles. The molecule has 1 aromatic carbocycles. The number of hydroxylamine groups is 1. The molecule has 4 nitrogen and oxygen atoms in total. The highest BCUT2D eigenvalue weighted by molar-refractivity contribution is 5.74. The van der Waals surface area contributed by atoms with Gasteiger partial charge in [0.1, 0.15) is 0 Å². The van der Waals surface area contributed by atoms with Gasteiger partial charge in [-0.1, -0.05) is 30.3 Å². The van der Waals surface area contributed by atoms with E-state index in [1.807, 2.05) is 42.3 Å². The first kappa shape index (κ1) is 11.7. The average Bonchev–Trinajstić information content (AvgIpc) is 2.27. The summed E-state index contributed by atoms with van der Waals surface area (Å²) in [6, 6.07) is 10.0. The summed E-state index contributed by atoms with van der Waals surface area (Å²) in [5, 5.41) is 8.32. The van der Waals surface area contributed by atoms with Crippen molar-refractivity contribution in [2.45, 2.75) is 13.0 Å². The molecule has 2 N–H and O–H groups in total. The minimum Gasteiger partial charge on any atom is -0.302 e. The summed E-state index contributed by atoms with van der Waals surface area (Å²) in [6.07, 6.45) is 0.305. The minimum atomic E-state index is -0.352. The molecule has 0 saturated heterocycles. The second kappa shape index (κ2) is 6.16. The van der Waals surface area contributed by atoms with Crippen LogP contribution in [-0.4, -0.2) is 29.6 Å². The average molecular weight is 208 g/mol. The summed E-state index contributed by atoms with van der Waals surface area (Å²) in [7, 11) is 1.94. The van der Waals surface area contributed by atoms with E-state index < -0.39 is 0 Å². The number of amides is 1. The summed E-state index contributed by atoms with van der Waals surface area (Å²) in [6.45, 7) is 1.43. The van der Waals surface area contributed by atoms with Crippen LogP contribution in [0.3, 0.4) is 0 Å². The Hall–Kier alpha value is -1.39. The monoisotopic (exact) mass is 208 g/mol. The zero-order valence-electron chi connectivity index (χ0n) is 8.81. The van der Waals surface area contributed by atoms with Crippen LogP contribution in [0.1, 0.15) is 12.0 Å². The molecule has 0 aromatic heterocycles. The van der Waals surface area contributed by atoms with Crippen LogP contribution in [0.15, 0.2) is 30.3 Å². The molecular formula is C11H16N2O2. The first-order valence-electron chi connectivity index (χ1n) is 4.88. The Morgan fingerprint density at radius 2 is 2.07 bits per heavy atom. The second-order valence-corrected chi connectivity index (χ2v) is 3.51. The Bertz CT molecular complexity index is 301. The molecule has 1 amide bonds. The molecule has 0 fully saturated rings. The molecule has 0 aliphatic heterocycles. The lowest BCUT2D eigenvalue weighted by atomic mass is 10.2. The van der Waals surface area contributed by atoms with Gasteiger partial charge in [-0.3, -0.25) is 10.0 Å². The number of rotatable bonds is 5. The standard InChI is InChI=1S/C11H16N2O2/c1-13(8-7-11(14)12-15)9-10-5-3-2-4-6-10/h2-6,15H,7-9H2,1H3,(H,12,14). The Morgan fingerprint density at radius 3 is 2.67 bits per heavy atom. The van der Waals surface area contributed by atoms with Gasteiger partial charge in [0, 0.05) is 19.5 Å². The van der Waals surface area contributed by atoms with Gasteiger partial charge >= 0.3 is 0 Å². The zero-order chi connectivity index (χ0) is 11.1. The number of carbonyl (C=O) groups is 1. The highest BCUT2D eigenvalue weighted by Crippen LogP contribution is 2.02. The van der Waals surface area contributed by atoms with Gasteiger partial charge in [-0.05, 0) is 12.6 Å². The molecule has 0 unspecified atom stereocenters. The van der Waals surface area contributed by atoms with E-state index in [-0.39, 0.29) is 5.91 Å².